The van der Waals surface area contributed by atoms with E-state index in [1.54, 1.807) is 11.4 Å². The number of likely N-dealkylation sites (N-methyl/N-ethyl adjacent to an activating group) is 1. The van der Waals surface area contributed by atoms with Crippen molar-refractivity contribution in [1.82, 2.24) is 29.8 Å². The van der Waals surface area contributed by atoms with Crippen LogP contribution in [0.3, 0.4) is 0 Å². The average molecular weight is 672 g/mol. The Labute approximate surface area is 286 Å². The predicted molar refractivity (Wildman–Crippen MR) is 188 cm³/mol. The maximum absolute atomic E-state index is 14.1. The predicted octanol–water partition coefficient (Wildman–Crippen LogP) is 6.86. The molecule has 1 amide bonds. The van der Waals surface area contributed by atoms with Crippen LogP contribution in [0, 0.1) is 23.2 Å². The standard InChI is InChI=1S/C28H41F2N7O.C7H12O.C2H6/c1-18-13-20(24(38)31-15-18)14-21-23(36-12-11-35(4)28(17-36)9-10-28)33-25-32-22(16-37(25)34-21)19(2)5-6-27(7-8-27)26(3,29)30;1-5(2)7(8)6(3)4;1-2/h16,18-20H,5-15,17H2,1-4H3,(H,31,38);6H,1H2,2-4H3;1-2H3/t18?,19?,20-;;/m1../s1. The lowest BCUT2D eigenvalue weighted by molar-refractivity contribution is -0.127. The number of amides is 1. The average Bonchev–Trinajstić information content (AvgIpc) is 3.96. The first-order chi connectivity index (χ1) is 22.5. The van der Waals surface area contributed by atoms with Crippen LogP contribution in [0.5, 0.6) is 0 Å². The smallest absolute Gasteiger partial charge is 0.252 e. The summed E-state index contributed by atoms with van der Waals surface area (Å²) in [7, 11) is 2.20. The summed E-state index contributed by atoms with van der Waals surface area (Å²) >= 11 is 0. The van der Waals surface area contributed by atoms with Crippen LogP contribution in [0.25, 0.3) is 5.78 Å². The van der Waals surface area contributed by atoms with E-state index in [4.69, 9.17) is 15.1 Å². The third-order valence-electron chi connectivity index (χ3n) is 10.9. The Morgan fingerprint density at radius 1 is 1.15 bits per heavy atom. The number of halogens is 2. The zero-order chi connectivity index (χ0) is 35.6. The number of hydrogen-bond acceptors (Lipinski definition) is 7. The highest BCUT2D eigenvalue weighted by Gasteiger charge is 2.58. The molecule has 2 aliphatic carbocycles. The first-order valence-corrected chi connectivity index (χ1v) is 18.1. The van der Waals surface area contributed by atoms with Gasteiger partial charge >= 0.3 is 0 Å². The van der Waals surface area contributed by atoms with Gasteiger partial charge in [-0.25, -0.2) is 18.3 Å². The van der Waals surface area contributed by atoms with Gasteiger partial charge in [-0.1, -0.05) is 48.1 Å². The third kappa shape index (κ3) is 8.43. The van der Waals surface area contributed by atoms with Crippen molar-refractivity contribution in [2.45, 2.75) is 124 Å². The number of imidazole rings is 1. The van der Waals surface area contributed by atoms with Gasteiger partial charge in [0.05, 0.1) is 11.9 Å². The van der Waals surface area contributed by atoms with E-state index in [0.29, 0.717) is 49.4 Å². The minimum Gasteiger partial charge on any atom is -0.356 e. The van der Waals surface area contributed by atoms with Crippen molar-refractivity contribution in [2.75, 3.05) is 38.1 Å². The molecule has 0 aromatic carbocycles. The Morgan fingerprint density at radius 2 is 1.81 bits per heavy atom. The summed E-state index contributed by atoms with van der Waals surface area (Å²) in [4.78, 5) is 38.1. The molecule has 48 heavy (non-hydrogen) atoms. The fraction of sp³-hybridized carbons (Fsp3) is 0.757. The molecular weight excluding hydrogens is 612 g/mol. The van der Waals surface area contributed by atoms with Crippen LogP contribution in [-0.4, -0.2) is 80.9 Å². The van der Waals surface area contributed by atoms with Crippen molar-refractivity contribution in [3.63, 3.8) is 0 Å². The lowest BCUT2D eigenvalue weighted by Crippen LogP contribution is -2.54. The summed E-state index contributed by atoms with van der Waals surface area (Å²) < 4.78 is 29.9. The van der Waals surface area contributed by atoms with E-state index in [9.17, 15) is 18.4 Å². The largest absolute Gasteiger partial charge is 0.356 e. The van der Waals surface area contributed by atoms with E-state index in [2.05, 4.69) is 42.6 Å². The van der Waals surface area contributed by atoms with Gasteiger partial charge in [0, 0.05) is 61.3 Å². The van der Waals surface area contributed by atoms with Gasteiger partial charge in [-0.05, 0) is 77.3 Å². The maximum Gasteiger partial charge on any atom is 0.252 e. The summed E-state index contributed by atoms with van der Waals surface area (Å²) in [6, 6.07) is 0. The van der Waals surface area contributed by atoms with Gasteiger partial charge in [-0.2, -0.15) is 10.1 Å². The molecule has 4 aliphatic rings. The van der Waals surface area contributed by atoms with Crippen LogP contribution < -0.4 is 10.2 Å². The van der Waals surface area contributed by atoms with Gasteiger partial charge in [-0.3, -0.25) is 14.5 Å². The first-order valence-electron chi connectivity index (χ1n) is 18.1. The number of piperidine rings is 1. The summed E-state index contributed by atoms with van der Waals surface area (Å²) in [6.45, 7) is 21.8. The Kier molecular flexibility index (Phi) is 11.7. The van der Waals surface area contributed by atoms with Gasteiger partial charge in [0.2, 0.25) is 5.91 Å². The van der Waals surface area contributed by atoms with Gasteiger partial charge in [0.25, 0.3) is 11.7 Å². The van der Waals surface area contributed by atoms with Crippen LogP contribution in [0.2, 0.25) is 0 Å². The van der Waals surface area contributed by atoms with Crippen molar-refractivity contribution in [2.24, 2.45) is 23.2 Å². The molecule has 268 valence electrons. The van der Waals surface area contributed by atoms with E-state index < -0.39 is 11.3 Å². The van der Waals surface area contributed by atoms with Crippen LogP contribution in [-0.2, 0) is 16.0 Å². The SMILES string of the molecule is C=C(C)C(=O)C(C)C.CC.CC1CNC(=O)[C@@H](Cc2nn3cc(C(C)CCC4(C(C)(F)F)CC4)nc3nc2N2CCN(C)C3(CC3)C2)C1. The second-order valence-electron chi connectivity index (χ2n) is 15.3. The van der Waals surface area contributed by atoms with Crippen molar-refractivity contribution in [1.29, 1.82) is 0 Å². The summed E-state index contributed by atoms with van der Waals surface area (Å²) in [5.41, 5.74) is 1.71. The zero-order valence-corrected chi connectivity index (χ0v) is 30.8. The molecule has 1 spiro atoms. The number of hydrogen-bond donors (Lipinski definition) is 1. The van der Waals surface area contributed by atoms with Gasteiger partial charge in [-0.15, -0.1) is 0 Å². The quantitative estimate of drug-likeness (QED) is 0.276. The molecule has 2 aromatic heterocycles. The molecular formula is C37H59F2N7O2. The number of nitrogens with one attached hydrogen (secondary N) is 1. The molecule has 9 nitrogen and oxygen atoms in total. The molecule has 4 heterocycles. The highest BCUT2D eigenvalue weighted by atomic mass is 19.3. The van der Waals surface area contributed by atoms with Crippen molar-refractivity contribution >= 4 is 23.3 Å². The normalized spacial score (nSPS) is 23.5. The molecule has 2 unspecified atom stereocenters. The maximum atomic E-state index is 14.1. The number of aromatic nitrogens is 4. The number of nitrogens with zero attached hydrogens (tertiary/aromatic N) is 6. The third-order valence-corrected chi connectivity index (χ3v) is 10.9. The number of Topliss-reactive ketones (excluding diaryl/α,β-unsaturated/α-hetero) is 1. The zero-order valence-electron chi connectivity index (χ0n) is 30.8. The van der Waals surface area contributed by atoms with Gasteiger partial charge < -0.3 is 10.2 Å². The number of carbonyl (C=O) groups excluding carboxylic acids is 2. The fourth-order valence-corrected chi connectivity index (χ4v) is 7.11. The number of rotatable bonds is 10. The van der Waals surface area contributed by atoms with E-state index in [1.165, 1.54) is 12.8 Å². The number of ketones is 1. The minimum atomic E-state index is -2.64. The number of piperazine rings is 1. The Balaban J connectivity index is 0.000000459. The molecule has 2 saturated carbocycles. The highest BCUT2D eigenvalue weighted by molar-refractivity contribution is 5.95. The molecule has 3 atom stereocenters. The minimum absolute atomic E-state index is 0.0357. The molecule has 0 bridgehead atoms. The van der Waals surface area contributed by atoms with E-state index in [-0.39, 0.29) is 35.0 Å². The van der Waals surface area contributed by atoms with Gasteiger partial charge in [0.1, 0.15) is 5.69 Å². The van der Waals surface area contributed by atoms with Crippen LogP contribution >= 0.6 is 0 Å². The Bertz CT molecular complexity index is 1460. The van der Waals surface area contributed by atoms with Crippen LogP contribution in [0.15, 0.2) is 18.3 Å². The molecule has 2 aromatic rings. The van der Waals surface area contributed by atoms with Crippen LogP contribution in [0.4, 0.5) is 14.6 Å². The van der Waals surface area contributed by atoms with Crippen LogP contribution in [0.1, 0.15) is 118 Å². The molecule has 11 heteroatoms. The highest BCUT2D eigenvalue weighted by Crippen LogP contribution is 2.60. The number of anilines is 1. The lowest BCUT2D eigenvalue weighted by Gasteiger charge is -2.41. The Hall–Kier alpha value is -2.95. The van der Waals surface area contributed by atoms with Gasteiger partial charge in [0.15, 0.2) is 11.6 Å². The topological polar surface area (TPSA) is 95.7 Å². The molecule has 2 aliphatic heterocycles. The molecule has 1 N–H and O–H groups in total. The van der Waals surface area contributed by atoms with Crippen molar-refractivity contribution < 1.29 is 18.4 Å². The summed E-state index contributed by atoms with van der Waals surface area (Å²) in [6.07, 6.45) is 8.04. The second-order valence-corrected chi connectivity index (χ2v) is 15.3. The van der Waals surface area contributed by atoms with Crippen molar-refractivity contribution in [3.05, 3.63) is 29.7 Å². The molecule has 6 rings (SSSR count). The van der Waals surface area contributed by atoms with E-state index in [0.717, 1.165) is 56.7 Å². The number of fused-ring (bicyclic) bond motifs is 1. The number of allylic oxidation sites excluding steroid dienone is 1. The van der Waals surface area contributed by atoms with E-state index >= 15 is 0 Å². The number of carbonyl (C=O) groups is 2. The molecule has 0 radical (unpaired) electrons. The first kappa shape index (κ1) is 37.9. The summed E-state index contributed by atoms with van der Waals surface area (Å²) in [5, 5.41) is 8.04. The van der Waals surface area contributed by atoms with E-state index in [1.807, 2.05) is 33.9 Å². The Morgan fingerprint density at radius 3 is 2.35 bits per heavy atom. The molecule has 2 saturated heterocycles. The monoisotopic (exact) mass is 671 g/mol. The second kappa shape index (κ2) is 14.9. The molecule has 4 fully saturated rings. The fourth-order valence-electron chi connectivity index (χ4n) is 7.11. The number of alkyl halides is 2. The summed E-state index contributed by atoms with van der Waals surface area (Å²) in [5.74, 6) is -0.557. The van der Waals surface area contributed by atoms with Crippen molar-refractivity contribution in [3.8, 4) is 0 Å². The lowest BCUT2D eigenvalue weighted by atomic mass is 9.87.